The number of hydrogen-bond donors (Lipinski definition) is 1. The number of hydrogen-bond acceptors (Lipinski definition) is 3. The van der Waals surface area contributed by atoms with E-state index < -0.39 is 27.6 Å². The number of nitrogens with one attached hydrogen (secondary N) is 1. The Kier molecular flexibility index (Phi) is 6.02. The number of anilines is 1. The molecule has 150 valence electrons. The average Bonchev–Trinajstić information content (AvgIpc) is 2.65. The van der Waals surface area contributed by atoms with Gasteiger partial charge in [-0.05, 0) is 56.2 Å². The fourth-order valence-electron chi connectivity index (χ4n) is 3.17. The van der Waals surface area contributed by atoms with Crippen molar-refractivity contribution in [1.29, 1.82) is 0 Å². The molecule has 2 aromatic rings. The maximum atomic E-state index is 13.4. The van der Waals surface area contributed by atoms with Crippen LogP contribution in [-0.2, 0) is 10.0 Å². The summed E-state index contributed by atoms with van der Waals surface area (Å²) in [6.07, 6.45) is 2.65. The van der Waals surface area contributed by atoms with Crippen LogP contribution in [0.1, 0.15) is 36.5 Å². The molecule has 1 heterocycles. The first kappa shape index (κ1) is 20.7. The second kappa shape index (κ2) is 8.14. The summed E-state index contributed by atoms with van der Waals surface area (Å²) in [5.74, 6) is -3.07. The first-order chi connectivity index (χ1) is 13.2. The molecule has 0 radical (unpaired) electrons. The highest BCUT2D eigenvalue weighted by molar-refractivity contribution is 7.89. The number of sulfonamides is 1. The topological polar surface area (TPSA) is 66.5 Å². The van der Waals surface area contributed by atoms with Gasteiger partial charge in [0.2, 0.25) is 10.0 Å². The van der Waals surface area contributed by atoms with Crippen LogP contribution in [0, 0.1) is 11.6 Å². The van der Waals surface area contributed by atoms with Gasteiger partial charge in [0.15, 0.2) is 11.6 Å². The lowest BCUT2D eigenvalue weighted by Crippen LogP contribution is -2.41. The van der Waals surface area contributed by atoms with Crippen LogP contribution in [-0.4, -0.2) is 31.2 Å². The van der Waals surface area contributed by atoms with Crippen molar-refractivity contribution >= 4 is 33.2 Å². The second-order valence-electron chi connectivity index (χ2n) is 6.69. The van der Waals surface area contributed by atoms with Crippen LogP contribution in [0.5, 0.6) is 0 Å². The van der Waals surface area contributed by atoms with E-state index in [1.807, 2.05) is 6.92 Å². The molecule has 0 bridgehead atoms. The van der Waals surface area contributed by atoms with Gasteiger partial charge in [-0.15, -0.1) is 0 Å². The molecule has 0 unspecified atom stereocenters. The fourth-order valence-corrected chi connectivity index (χ4v) is 5.11. The van der Waals surface area contributed by atoms with Gasteiger partial charge in [-0.1, -0.05) is 18.0 Å². The minimum absolute atomic E-state index is 0.0614. The molecule has 0 aliphatic carbocycles. The Morgan fingerprint density at radius 1 is 1.14 bits per heavy atom. The van der Waals surface area contributed by atoms with Gasteiger partial charge >= 0.3 is 0 Å². The molecule has 0 spiro atoms. The Morgan fingerprint density at radius 2 is 1.79 bits per heavy atom. The van der Waals surface area contributed by atoms with Crippen LogP contribution in [0.2, 0.25) is 5.02 Å². The molecule has 28 heavy (non-hydrogen) atoms. The quantitative estimate of drug-likeness (QED) is 0.732. The third-order valence-electron chi connectivity index (χ3n) is 4.72. The van der Waals surface area contributed by atoms with Crippen LogP contribution in [0.4, 0.5) is 14.5 Å². The predicted octanol–water partition coefficient (Wildman–Crippen LogP) is 4.43. The van der Waals surface area contributed by atoms with Crippen molar-refractivity contribution in [3.05, 3.63) is 58.6 Å². The summed E-state index contributed by atoms with van der Waals surface area (Å²) in [5, 5.41) is 2.26. The van der Waals surface area contributed by atoms with E-state index in [0.29, 0.717) is 18.3 Å². The summed E-state index contributed by atoms with van der Waals surface area (Å²) < 4.78 is 53.6. The maximum absolute atomic E-state index is 13.4. The summed E-state index contributed by atoms with van der Waals surface area (Å²) in [6.45, 7) is 2.37. The van der Waals surface area contributed by atoms with Crippen molar-refractivity contribution in [2.24, 2.45) is 0 Å². The molecule has 2 aromatic carbocycles. The number of piperidine rings is 1. The van der Waals surface area contributed by atoms with Gasteiger partial charge < -0.3 is 5.32 Å². The van der Waals surface area contributed by atoms with Gasteiger partial charge in [-0.25, -0.2) is 17.2 Å². The highest BCUT2D eigenvalue weighted by atomic mass is 35.5. The molecule has 1 aliphatic heterocycles. The zero-order valence-electron chi connectivity index (χ0n) is 15.1. The van der Waals surface area contributed by atoms with E-state index in [9.17, 15) is 22.0 Å². The lowest BCUT2D eigenvalue weighted by atomic mass is 10.1. The third kappa shape index (κ3) is 4.19. The highest BCUT2D eigenvalue weighted by Gasteiger charge is 2.30. The van der Waals surface area contributed by atoms with Crippen molar-refractivity contribution < 1.29 is 22.0 Å². The van der Waals surface area contributed by atoms with Crippen molar-refractivity contribution in [2.45, 2.75) is 37.1 Å². The molecule has 1 aliphatic rings. The van der Waals surface area contributed by atoms with Gasteiger partial charge in [0, 0.05) is 18.3 Å². The second-order valence-corrected chi connectivity index (χ2v) is 8.98. The molecule has 1 N–H and O–H groups in total. The molecule has 1 saturated heterocycles. The van der Waals surface area contributed by atoms with Gasteiger partial charge in [0.1, 0.15) is 0 Å². The van der Waals surface area contributed by atoms with Crippen molar-refractivity contribution in [3.8, 4) is 0 Å². The number of halogens is 3. The van der Waals surface area contributed by atoms with E-state index in [2.05, 4.69) is 5.32 Å². The number of nitrogens with zero attached hydrogens (tertiary/aromatic N) is 1. The first-order valence-electron chi connectivity index (χ1n) is 8.78. The zero-order valence-corrected chi connectivity index (χ0v) is 16.7. The fraction of sp³-hybridized carbons (Fsp3) is 0.316. The van der Waals surface area contributed by atoms with Crippen LogP contribution in [0.3, 0.4) is 0 Å². The Bertz CT molecular complexity index is 997. The molecule has 0 aromatic heterocycles. The Morgan fingerprint density at radius 3 is 2.43 bits per heavy atom. The number of carbonyl (C=O) groups excluding carboxylic acids is 1. The third-order valence-corrected chi connectivity index (χ3v) is 7.06. The number of rotatable bonds is 4. The summed E-state index contributed by atoms with van der Waals surface area (Å²) in [6, 6.07) is 7.05. The summed E-state index contributed by atoms with van der Waals surface area (Å²) in [7, 11) is -3.62. The largest absolute Gasteiger partial charge is 0.322 e. The van der Waals surface area contributed by atoms with E-state index in [-0.39, 0.29) is 21.5 Å². The van der Waals surface area contributed by atoms with Gasteiger partial charge in [0.05, 0.1) is 15.5 Å². The Hall–Kier alpha value is -2.03. The minimum atomic E-state index is -3.62. The molecule has 0 saturated carbocycles. The number of amides is 1. The van der Waals surface area contributed by atoms with Gasteiger partial charge in [-0.3, -0.25) is 4.79 Å². The van der Waals surface area contributed by atoms with Crippen molar-refractivity contribution in [2.75, 3.05) is 11.9 Å². The lowest BCUT2D eigenvalue weighted by Gasteiger charge is -2.32. The summed E-state index contributed by atoms with van der Waals surface area (Å²) in [4.78, 5) is 12.4. The Balaban J connectivity index is 1.78. The van der Waals surface area contributed by atoms with Gasteiger partial charge in [0.25, 0.3) is 5.91 Å². The van der Waals surface area contributed by atoms with Crippen molar-refractivity contribution in [1.82, 2.24) is 4.31 Å². The molecule has 5 nitrogen and oxygen atoms in total. The van der Waals surface area contributed by atoms with E-state index in [1.165, 1.54) is 28.6 Å². The number of benzene rings is 2. The summed E-state index contributed by atoms with van der Waals surface area (Å²) in [5.41, 5.74) is 0.0795. The minimum Gasteiger partial charge on any atom is -0.322 e. The summed E-state index contributed by atoms with van der Waals surface area (Å²) >= 11 is 5.79. The average molecular weight is 429 g/mol. The van der Waals surface area contributed by atoms with Crippen LogP contribution in [0.25, 0.3) is 0 Å². The highest BCUT2D eigenvalue weighted by Crippen LogP contribution is 2.26. The van der Waals surface area contributed by atoms with Crippen LogP contribution < -0.4 is 5.32 Å². The Labute approximate surface area is 167 Å². The lowest BCUT2D eigenvalue weighted by molar-refractivity contribution is 0.102. The zero-order chi connectivity index (χ0) is 20.5. The van der Waals surface area contributed by atoms with Gasteiger partial charge in [-0.2, -0.15) is 4.31 Å². The molecule has 1 amide bonds. The van der Waals surface area contributed by atoms with E-state index in [1.54, 1.807) is 0 Å². The van der Waals surface area contributed by atoms with Crippen LogP contribution in [0.15, 0.2) is 41.3 Å². The monoisotopic (exact) mass is 428 g/mol. The molecule has 3 rings (SSSR count). The van der Waals surface area contributed by atoms with Crippen LogP contribution >= 0.6 is 11.6 Å². The first-order valence-corrected chi connectivity index (χ1v) is 10.6. The molecule has 1 atom stereocenters. The van der Waals surface area contributed by atoms with E-state index >= 15 is 0 Å². The molecular weight excluding hydrogens is 410 g/mol. The van der Waals surface area contributed by atoms with E-state index in [0.717, 1.165) is 25.3 Å². The molecular formula is C19H19ClF2N2O3S. The molecule has 1 fully saturated rings. The SMILES string of the molecule is C[C@@H]1CCCCN1S(=O)(=O)c1ccc(NC(=O)c2cc(F)c(F)cc2Cl)cc1. The smallest absolute Gasteiger partial charge is 0.257 e. The molecule has 9 heteroatoms. The normalized spacial score (nSPS) is 18.1. The van der Waals surface area contributed by atoms with Crippen molar-refractivity contribution in [3.63, 3.8) is 0 Å². The predicted molar refractivity (Wildman–Crippen MR) is 103 cm³/mol. The standard InChI is InChI=1S/C19H19ClF2N2O3S/c1-12-4-2-3-9-24(12)28(26,27)14-7-5-13(6-8-14)23-19(25)15-10-17(21)18(22)11-16(15)20/h5-8,10-12H,2-4,9H2,1H3,(H,23,25)/t12-/m1/s1. The maximum Gasteiger partial charge on any atom is 0.257 e. The number of carbonyl (C=O) groups is 1. The van der Waals surface area contributed by atoms with E-state index in [4.69, 9.17) is 11.6 Å².